The van der Waals surface area contributed by atoms with Crippen LogP contribution in [0.3, 0.4) is 0 Å². The molecule has 1 aliphatic rings. The van der Waals surface area contributed by atoms with E-state index in [1.54, 1.807) is 0 Å². The molecule has 0 radical (unpaired) electrons. The van der Waals surface area contributed by atoms with Crippen molar-refractivity contribution in [3.63, 3.8) is 0 Å². The number of nitrogens with zero attached hydrogens (tertiary/aromatic N) is 2. The minimum absolute atomic E-state index is 0.166. The van der Waals surface area contributed by atoms with Crippen molar-refractivity contribution in [3.8, 4) is 0 Å². The molecule has 0 aliphatic carbocycles. The van der Waals surface area contributed by atoms with Gasteiger partial charge in [0.05, 0.1) is 5.69 Å². The van der Waals surface area contributed by atoms with Crippen LogP contribution < -0.4 is 4.90 Å². The Kier molecular flexibility index (Phi) is 2.97. The first-order chi connectivity index (χ1) is 8.50. The minimum Gasteiger partial charge on any atom is -0.480 e. The van der Waals surface area contributed by atoms with E-state index in [1.807, 2.05) is 0 Å². The third kappa shape index (κ3) is 2.02. The zero-order chi connectivity index (χ0) is 13.3. The molecule has 1 saturated heterocycles. The maximum Gasteiger partial charge on any atom is 0.332 e. The molecule has 18 heavy (non-hydrogen) atoms. The highest BCUT2D eigenvalue weighted by Crippen LogP contribution is 2.23. The fourth-order valence-electron chi connectivity index (χ4n) is 1.71. The molecular formula is C11H9FN2O4. The van der Waals surface area contributed by atoms with Gasteiger partial charge in [-0.3, -0.25) is 9.59 Å². The molecule has 2 rings (SSSR count). The van der Waals surface area contributed by atoms with E-state index in [4.69, 9.17) is 5.11 Å². The van der Waals surface area contributed by atoms with Crippen molar-refractivity contribution >= 4 is 23.6 Å². The lowest BCUT2D eigenvalue weighted by Crippen LogP contribution is -2.36. The Balaban J connectivity index is 2.30. The zero-order valence-electron chi connectivity index (χ0n) is 9.17. The number of anilines is 1. The van der Waals surface area contributed by atoms with Gasteiger partial charge in [-0.25, -0.2) is 14.1 Å². The minimum atomic E-state index is -1.23. The molecule has 94 valence electrons. The molecule has 1 fully saturated rings. The van der Waals surface area contributed by atoms with Crippen LogP contribution in [0.1, 0.15) is 0 Å². The molecule has 7 heteroatoms. The summed E-state index contributed by atoms with van der Waals surface area (Å²) in [4.78, 5) is 35.5. The number of carboxylic acids is 1. The summed E-state index contributed by atoms with van der Waals surface area (Å²) in [6.45, 7) is -0.949. The number of halogens is 1. The first kappa shape index (κ1) is 12.0. The van der Waals surface area contributed by atoms with Crippen LogP contribution >= 0.6 is 0 Å². The zero-order valence-corrected chi connectivity index (χ0v) is 9.17. The SMILES string of the molecule is O=C(O)CN1CC(=O)N(c2ccccc2F)C1=O. The van der Waals surface area contributed by atoms with E-state index in [0.717, 1.165) is 11.0 Å². The molecule has 0 unspecified atom stereocenters. The Morgan fingerprint density at radius 3 is 2.61 bits per heavy atom. The second-order valence-corrected chi connectivity index (χ2v) is 3.71. The Labute approximate surface area is 101 Å². The molecule has 1 aromatic rings. The fourth-order valence-corrected chi connectivity index (χ4v) is 1.71. The molecule has 0 saturated carbocycles. The van der Waals surface area contributed by atoms with Gasteiger partial charge < -0.3 is 10.0 Å². The number of amides is 3. The van der Waals surface area contributed by atoms with Crippen molar-refractivity contribution < 1.29 is 23.9 Å². The summed E-state index contributed by atoms with van der Waals surface area (Å²) in [6.07, 6.45) is 0. The van der Waals surface area contributed by atoms with Crippen LogP contribution in [0.15, 0.2) is 24.3 Å². The summed E-state index contributed by atoms with van der Waals surface area (Å²) in [7, 11) is 0. The predicted octanol–water partition coefficient (Wildman–Crippen LogP) is 0.679. The van der Waals surface area contributed by atoms with Gasteiger partial charge in [0.25, 0.3) is 5.91 Å². The van der Waals surface area contributed by atoms with Gasteiger partial charge in [0.1, 0.15) is 18.9 Å². The molecule has 6 nitrogen and oxygen atoms in total. The fraction of sp³-hybridized carbons (Fsp3) is 0.182. The number of rotatable bonds is 3. The van der Waals surface area contributed by atoms with Gasteiger partial charge in [-0.2, -0.15) is 0 Å². The average molecular weight is 252 g/mol. The summed E-state index contributed by atoms with van der Waals surface area (Å²) in [5.41, 5.74) is -0.166. The van der Waals surface area contributed by atoms with Crippen LogP contribution in [0.2, 0.25) is 0 Å². The summed E-state index contributed by atoms with van der Waals surface area (Å²) in [5.74, 6) is -2.59. The predicted molar refractivity (Wildman–Crippen MR) is 58.5 cm³/mol. The number of carboxylic acid groups (broad SMARTS) is 1. The molecule has 1 heterocycles. The third-order valence-corrected chi connectivity index (χ3v) is 2.46. The van der Waals surface area contributed by atoms with E-state index in [9.17, 15) is 18.8 Å². The second-order valence-electron chi connectivity index (χ2n) is 3.71. The first-order valence-corrected chi connectivity index (χ1v) is 5.09. The number of para-hydroxylation sites is 1. The van der Waals surface area contributed by atoms with Crippen LogP contribution in [0.25, 0.3) is 0 Å². The lowest BCUT2D eigenvalue weighted by molar-refractivity contribution is -0.137. The molecule has 1 aromatic carbocycles. The summed E-state index contributed by atoms with van der Waals surface area (Å²) < 4.78 is 13.5. The van der Waals surface area contributed by atoms with E-state index in [0.29, 0.717) is 4.90 Å². The first-order valence-electron chi connectivity index (χ1n) is 5.09. The molecule has 0 aromatic heterocycles. The lowest BCUT2D eigenvalue weighted by atomic mass is 10.3. The van der Waals surface area contributed by atoms with Crippen LogP contribution in [-0.2, 0) is 9.59 Å². The van der Waals surface area contributed by atoms with E-state index in [1.165, 1.54) is 18.2 Å². The number of hydrogen-bond acceptors (Lipinski definition) is 3. The van der Waals surface area contributed by atoms with Gasteiger partial charge in [-0.05, 0) is 12.1 Å². The topological polar surface area (TPSA) is 77.9 Å². The van der Waals surface area contributed by atoms with Crippen molar-refractivity contribution in [1.82, 2.24) is 4.90 Å². The van der Waals surface area contributed by atoms with Gasteiger partial charge in [0.15, 0.2) is 0 Å². The van der Waals surface area contributed by atoms with Gasteiger partial charge in [-0.1, -0.05) is 12.1 Å². The Bertz CT molecular complexity index is 532. The molecule has 0 spiro atoms. The number of imide groups is 1. The number of hydrogen-bond donors (Lipinski definition) is 1. The van der Waals surface area contributed by atoms with Crippen molar-refractivity contribution in [2.24, 2.45) is 0 Å². The number of aliphatic carboxylic acids is 1. The molecule has 0 atom stereocenters. The molecule has 0 bridgehead atoms. The number of urea groups is 1. The molecular weight excluding hydrogens is 243 g/mol. The van der Waals surface area contributed by atoms with Crippen molar-refractivity contribution in [1.29, 1.82) is 0 Å². The number of benzene rings is 1. The quantitative estimate of drug-likeness (QED) is 0.802. The highest BCUT2D eigenvalue weighted by molar-refractivity contribution is 6.20. The lowest BCUT2D eigenvalue weighted by Gasteiger charge is -2.15. The second kappa shape index (κ2) is 4.44. The van der Waals surface area contributed by atoms with E-state index in [-0.39, 0.29) is 12.2 Å². The van der Waals surface area contributed by atoms with E-state index < -0.39 is 30.3 Å². The van der Waals surface area contributed by atoms with Crippen LogP contribution in [-0.4, -0.2) is 41.0 Å². The van der Waals surface area contributed by atoms with Crippen molar-refractivity contribution in [2.45, 2.75) is 0 Å². The molecule has 3 amide bonds. The molecule has 1 N–H and O–H groups in total. The standard InChI is InChI=1S/C11H9FN2O4/c12-7-3-1-2-4-8(7)14-9(15)5-13(11(14)18)6-10(16)17/h1-4H,5-6H2,(H,16,17). The normalized spacial score (nSPS) is 15.4. The third-order valence-electron chi connectivity index (χ3n) is 2.46. The smallest absolute Gasteiger partial charge is 0.332 e. The van der Waals surface area contributed by atoms with Crippen LogP contribution in [0.4, 0.5) is 14.9 Å². The Hall–Kier alpha value is -2.44. The number of carbonyl (C=O) groups is 3. The summed E-state index contributed by atoms with van der Waals surface area (Å²) in [6, 6.07) is 4.50. The van der Waals surface area contributed by atoms with Gasteiger partial charge >= 0.3 is 12.0 Å². The van der Waals surface area contributed by atoms with E-state index >= 15 is 0 Å². The monoisotopic (exact) mass is 252 g/mol. The average Bonchev–Trinajstić information content (AvgIpc) is 2.55. The highest BCUT2D eigenvalue weighted by atomic mass is 19.1. The highest BCUT2D eigenvalue weighted by Gasteiger charge is 2.39. The maximum atomic E-state index is 13.5. The van der Waals surface area contributed by atoms with Crippen molar-refractivity contribution in [3.05, 3.63) is 30.1 Å². The Morgan fingerprint density at radius 2 is 2.00 bits per heavy atom. The Morgan fingerprint density at radius 1 is 1.33 bits per heavy atom. The largest absolute Gasteiger partial charge is 0.480 e. The summed E-state index contributed by atoms with van der Waals surface area (Å²) >= 11 is 0. The number of carbonyl (C=O) groups excluding carboxylic acids is 2. The van der Waals surface area contributed by atoms with Gasteiger partial charge in [-0.15, -0.1) is 0 Å². The van der Waals surface area contributed by atoms with Crippen LogP contribution in [0, 0.1) is 5.82 Å². The summed E-state index contributed by atoms with van der Waals surface area (Å²) in [5, 5.41) is 8.59. The van der Waals surface area contributed by atoms with Crippen LogP contribution in [0.5, 0.6) is 0 Å². The maximum absolute atomic E-state index is 13.5. The van der Waals surface area contributed by atoms with Gasteiger partial charge in [0.2, 0.25) is 0 Å². The van der Waals surface area contributed by atoms with E-state index in [2.05, 4.69) is 0 Å². The van der Waals surface area contributed by atoms with Crippen molar-refractivity contribution in [2.75, 3.05) is 18.0 Å². The molecule has 1 aliphatic heterocycles. The van der Waals surface area contributed by atoms with Gasteiger partial charge in [0, 0.05) is 0 Å².